The van der Waals surface area contributed by atoms with E-state index in [0.29, 0.717) is 11.4 Å². The summed E-state index contributed by atoms with van der Waals surface area (Å²) < 4.78 is 0. The fraction of sp³-hybridized carbons (Fsp3) is 0. The standard InChI is InChI=1S/C20H15N5O/c21-19(26)18-4-2-1-3-17(18)15-9-5-13(6-10-15)14-7-11-16(12-8-14)20-22-24-25-23-20/h1-12H,(H2,21,26)(H,22,23,24,25). The third-order valence-corrected chi connectivity index (χ3v) is 4.21. The second-order valence-corrected chi connectivity index (χ2v) is 5.80. The Morgan fingerprint density at radius 1 is 0.769 bits per heavy atom. The van der Waals surface area contributed by atoms with Crippen LogP contribution in [0.1, 0.15) is 10.4 Å². The lowest BCUT2D eigenvalue weighted by Gasteiger charge is -2.08. The summed E-state index contributed by atoms with van der Waals surface area (Å²) >= 11 is 0. The fourth-order valence-corrected chi connectivity index (χ4v) is 2.89. The average molecular weight is 341 g/mol. The van der Waals surface area contributed by atoms with E-state index >= 15 is 0 Å². The molecule has 0 saturated carbocycles. The molecule has 126 valence electrons. The third kappa shape index (κ3) is 2.95. The van der Waals surface area contributed by atoms with Crippen LogP contribution in [0.5, 0.6) is 0 Å². The Morgan fingerprint density at radius 2 is 1.35 bits per heavy atom. The number of benzene rings is 3. The number of nitrogens with zero attached hydrogens (tertiary/aromatic N) is 3. The van der Waals surface area contributed by atoms with Gasteiger partial charge in [-0.1, -0.05) is 66.7 Å². The maximum atomic E-state index is 11.6. The highest BCUT2D eigenvalue weighted by Gasteiger charge is 2.09. The van der Waals surface area contributed by atoms with Gasteiger partial charge in [0.1, 0.15) is 0 Å². The van der Waals surface area contributed by atoms with Crippen LogP contribution in [0.15, 0.2) is 72.8 Å². The number of carbonyl (C=O) groups is 1. The van der Waals surface area contributed by atoms with Crippen molar-refractivity contribution in [3.8, 4) is 33.6 Å². The van der Waals surface area contributed by atoms with Crippen molar-refractivity contribution in [2.24, 2.45) is 5.73 Å². The Kier molecular flexibility index (Phi) is 3.99. The number of aromatic amines is 1. The van der Waals surface area contributed by atoms with Crippen molar-refractivity contribution in [2.75, 3.05) is 0 Å². The lowest BCUT2D eigenvalue weighted by molar-refractivity contribution is 0.100. The number of aromatic nitrogens is 4. The topological polar surface area (TPSA) is 97.5 Å². The zero-order chi connectivity index (χ0) is 17.9. The Bertz CT molecular complexity index is 1040. The Hall–Kier alpha value is -3.80. The lowest BCUT2D eigenvalue weighted by Crippen LogP contribution is -2.12. The molecule has 0 spiro atoms. The van der Waals surface area contributed by atoms with E-state index in [9.17, 15) is 4.79 Å². The minimum Gasteiger partial charge on any atom is -0.366 e. The first kappa shape index (κ1) is 15.7. The van der Waals surface area contributed by atoms with E-state index in [-0.39, 0.29) is 0 Å². The number of primary amides is 1. The predicted octanol–water partition coefficient (Wildman–Crippen LogP) is 3.30. The minimum atomic E-state index is -0.429. The molecular weight excluding hydrogens is 326 g/mol. The van der Waals surface area contributed by atoms with Crippen LogP contribution in [0.4, 0.5) is 0 Å². The number of H-pyrrole nitrogens is 1. The molecule has 0 aliphatic carbocycles. The van der Waals surface area contributed by atoms with Crippen LogP contribution in [0.3, 0.4) is 0 Å². The van der Waals surface area contributed by atoms with Crippen LogP contribution in [0.2, 0.25) is 0 Å². The van der Waals surface area contributed by atoms with E-state index in [4.69, 9.17) is 5.73 Å². The van der Waals surface area contributed by atoms with Gasteiger partial charge in [-0.15, -0.1) is 10.2 Å². The zero-order valence-corrected chi connectivity index (χ0v) is 13.8. The van der Waals surface area contributed by atoms with Gasteiger partial charge < -0.3 is 5.73 Å². The van der Waals surface area contributed by atoms with Gasteiger partial charge in [0.25, 0.3) is 0 Å². The summed E-state index contributed by atoms with van der Waals surface area (Å²) in [4.78, 5) is 11.6. The number of tetrazole rings is 1. The van der Waals surface area contributed by atoms with Gasteiger partial charge in [-0.25, -0.2) is 0 Å². The van der Waals surface area contributed by atoms with E-state index in [1.807, 2.05) is 66.7 Å². The molecule has 26 heavy (non-hydrogen) atoms. The van der Waals surface area contributed by atoms with E-state index < -0.39 is 5.91 Å². The lowest BCUT2D eigenvalue weighted by atomic mass is 9.96. The molecule has 1 aromatic heterocycles. The van der Waals surface area contributed by atoms with Gasteiger partial charge in [0.2, 0.25) is 11.7 Å². The molecule has 6 nitrogen and oxygen atoms in total. The highest BCUT2D eigenvalue weighted by atomic mass is 16.1. The second-order valence-electron chi connectivity index (χ2n) is 5.80. The summed E-state index contributed by atoms with van der Waals surface area (Å²) in [6.45, 7) is 0. The maximum absolute atomic E-state index is 11.6. The molecule has 6 heteroatoms. The summed E-state index contributed by atoms with van der Waals surface area (Å²) in [6, 6.07) is 23.3. The van der Waals surface area contributed by atoms with Crippen LogP contribution >= 0.6 is 0 Å². The van der Waals surface area contributed by atoms with Crippen LogP contribution in [0.25, 0.3) is 33.6 Å². The van der Waals surface area contributed by atoms with Gasteiger partial charge in [-0.3, -0.25) is 4.79 Å². The number of carbonyl (C=O) groups excluding carboxylic acids is 1. The molecule has 0 aliphatic heterocycles. The minimum absolute atomic E-state index is 0.429. The largest absolute Gasteiger partial charge is 0.366 e. The summed E-state index contributed by atoms with van der Waals surface area (Å²) in [7, 11) is 0. The zero-order valence-electron chi connectivity index (χ0n) is 13.8. The van der Waals surface area contributed by atoms with Crippen LogP contribution in [-0.2, 0) is 0 Å². The van der Waals surface area contributed by atoms with Crippen LogP contribution < -0.4 is 5.73 Å². The molecule has 3 N–H and O–H groups in total. The van der Waals surface area contributed by atoms with Gasteiger partial charge in [-0.2, -0.15) is 5.21 Å². The second kappa shape index (κ2) is 6.60. The van der Waals surface area contributed by atoms with Crippen molar-refractivity contribution in [3.05, 3.63) is 78.4 Å². The van der Waals surface area contributed by atoms with Crippen molar-refractivity contribution in [3.63, 3.8) is 0 Å². The molecule has 0 radical (unpaired) electrons. The molecule has 1 heterocycles. The molecule has 0 unspecified atom stereocenters. The highest BCUT2D eigenvalue weighted by Crippen LogP contribution is 2.28. The van der Waals surface area contributed by atoms with Gasteiger partial charge in [0.15, 0.2) is 0 Å². The number of nitrogens with one attached hydrogen (secondary N) is 1. The number of hydrogen-bond donors (Lipinski definition) is 2. The van der Waals surface area contributed by atoms with Crippen molar-refractivity contribution in [2.45, 2.75) is 0 Å². The van der Waals surface area contributed by atoms with Gasteiger partial charge in [0.05, 0.1) is 0 Å². The first-order valence-electron chi connectivity index (χ1n) is 8.06. The molecule has 4 rings (SSSR count). The van der Waals surface area contributed by atoms with E-state index in [1.54, 1.807) is 6.07 Å². The molecular formula is C20H15N5O. The number of rotatable bonds is 4. The van der Waals surface area contributed by atoms with E-state index in [2.05, 4.69) is 20.6 Å². The van der Waals surface area contributed by atoms with E-state index in [1.165, 1.54) is 0 Å². The first-order valence-corrected chi connectivity index (χ1v) is 8.06. The number of nitrogens with two attached hydrogens (primary N) is 1. The number of hydrogen-bond acceptors (Lipinski definition) is 4. The van der Waals surface area contributed by atoms with Crippen LogP contribution in [0, 0.1) is 0 Å². The summed E-state index contributed by atoms with van der Waals surface area (Å²) in [5.41, 5.74) is 10.8. The SMILES string of the molecule is NC(=O)c1ccccc1-c1ccc(-c2ccc(-c3nn[nH]n3)cc2)cc1. The predicted molar refractivity (Wildman–Crippen MR) is 99.0 cm³/mol. The summed E-state index contributed by atoms with van der Waals surface area (Å²) in [5.74, 6) is 0.136. The van der Waals surface area contributed by atoms with Gasteiger partial charge in [-0.05, 0) is 33.5 Å². The molecule has 3 aromatic carbocycles. The van der Waals surface area contributed by atoms with E-state index in [0.717, 1.165) is 27.8 Å². The molecule has 0 saturated heterocycles. The number of amides is 1. The Morgan fingerprint density at radius 3 is 1.92 bits per heavy atom. The summed E-state index contributed by atoms with van der Waals surface area (Å²) in [6.07, 6.45) is 0. The monoisotopic (exact) mass is 341 g/mol. The molecule has 0 atom stereocenters. The molecule has 0 fully saturated rings. The van der Waals surface area contributed by atoms with Crippen molar-refractivity contribution in [1.29, 1.82) is 0 Å². The molecule has 4 aromatic rings. The summed E-state index contributed by atoms with van der Waals surface area (Å²) in [5, 5.41) is 14.0. The Balaban J connectivity index is 1.63. The van der Waals surface area contributed by atoms with Gasteiger partial charge >= 0.3 is 0 Å². The van der Waals surface area contributed by atoms with Gasteiger partial charge in [0, 0.05) is 11.1 Å². The van der Waals surface area contributed by atoms with Crippen molar-refractivity contribution < 1.29 is 4.79 Å². The fourth-order valence-electron chi connectivity index (χ4n) is 2.89. The van der Waals surface area contributed by atoms with Crippen molar-refractivity contribution >= 4 is 5.91 Å². The first-order chi connectivity index (χ1) is 12.7. The molecule has 1 amide bonds. The molecule has 0 bridgehead atoms. The smallest absolute Gasteiger partial charge is 0.249 e. The quantitative estimate of drug-likeness (QED) is 0.595. The average Bonchev–Trinajstić information content (AvgIpc) is 3.23. The Labute approximate surface area is 149 Å². The van der Waals surface area contributed by atoms with Crippen LogP contribution in [-0.4, -0.2) is 26.5 Å². The van der Waals surface area contributed by atoms with Crippen molar-refractivity contribution in [1.82, 2.24) is 20.6 Å². The third-order valence-electron chi connectivity index (χ3n) is 4.21. The molecule has 0 aliphatic rings. The highest BCUT2D eigenvalue weighted by molar-refractivity contribution is 5.99. The maximum Gasteiger partial charge on any atom is 0.249 e. The normalized spacial score (nSPS) is 10.6.